The lowest BCUT2D eigenvalue weighted by molar-refractivity contribution is -0.120. The van der Waals surface area contributed by atoms with E-state index in [0.717, 1.165) is 19.3 Å². The van der Waals surface area contributed by atoms with E-state index in [0.29, 0.717) is 11.3 Å². The van der Waals surface area contributed by atoms with Gasteiger partial charge in [-0.25, -0.2) is 4.39 Å². The van der Waals surface area contributed by atoms with Crippen LogP contribution < -0.4 is 15.8 Å². The van der Waals surface area contributed by atoms with Crippen LogP contribution in [0.4, 0.5) is 10.1 Å². The highest BCUT2D eigenvalue weighted by molar-refractivity contribution is 5.98. The van der Waals surface area contributed by atoms with Gasteiger partial charge in [0, 0.05) is 11.8 Å². The Balaban J connectivity index is 0.00000225. The van der Waals surface area contributed by atoms with Gasteiger partial charge in [-0.3, -0.25) is 4.79 Å². The van der Waals surface area contributed by atoms with E-state index in [1.807, 2.05) is 18.2 Å². The molecule has 0 aromatic heterocycles. The third kappa shape index (κ3) is 4.30. The quantitative estimate of drug-likeness (QED) is 0.843. The van der Waals surface area contributed by atoms with Crippen molar-refractivity contribution in [2.75, 3.05) is 5.32 Å². The molecule has 2 aromatic carbocycles. The summed E-state index contributed by atoms with van der Waals surface area (Å²) in [7, 11) is 0. The van der Waals surface area contributed by atoms with Crippen molar-refractivity contribution in [3.63, 3.8) is 0 Å². The average Bonchev–Trinajstić information content (AvgIpc) is 2.53. The number of halogens is 2. The van der Waals surface area contributed by atoms with Gasteiger partial charge in [-0.15, -0.1) is 12.4 Å². The van der Waals surface area contributed by atoms with Gasteiger partial charge in [0.15, 0.2) is 11.6 Å². The summed E-state index contributed by atoms with van der Waals surface area (Å²) < 4.78 is 19.7. The highest BCUT2D eigenvalue weighted by Crippen LogP contribution is 2.29. The number of anilines is 1. The second kappa shape index (κ2) is 7.85. The summed E-state index contributed by atoms with van der Waals surface area (Å²) >= 11 is 0. The number of hydrogen-bond donors (Lipinski definition) is 2. The molecular weight excluding hydrogens is 343 g/mol. The van der Waals surface area contributed by atoms with E-state index in [4.69, 9.17) is 10.5 Å². The van der Waals surface area contributed by atoms with E-state index < -0.39 is 17.3 Å². The van der Waals surface area contributed by atoms with Crippen LogP contribution in [0.3, 0.4) is 0 Å². The Bertz CT molecular complexity index is 733. The molecule has 0 bridgehead atoms. The molecule has 0 saturated heterocycles. The molecular formula is C19H22ClFN2O2. The maximum absolute atomic E-state index is 14.1. The van der Waals surface area contributed by atoms with Crippen molar-refractivity contribution in [3.8, 4) is 5.75 Å². The fourth-order valence-corrected chi connectivity index (χ4v) is 2.52. The molecule has 134 valence electrons. The molecule has 4 nitrogen and oxygen atoms in total. The fourth-order valence-electron chi connectivity index (χ4n) is 2.52. The van der Waals surface area contributed by atoms with Gasteiger partial charge in [0.05, 0.1) is 6.10 Å². The van der Waals surface area contributed by atoms with E-state index in [9.17, 15) is 9.18 Å². The van der Waals surface area contributed by atoms with Crippen molar-refractivity contribution in [1.82, 2.24) is 0 Å². The molecule has 3 rings (SSSR count). The van der Waals surface area contributed by atoms with Crippen LogP contribution in [0.2, 0.25) is 0 Å². The number of nitrogens with one attached hydrogen (secondary N) is 1. The maximum Gasteiger partial charge on any atom is 0.248 e. The first-order valence-corrected chi connectivity index (χ1v) is 8.09. The molecule has 0 aliphatic heterocycles. The second-order valence-electron chi connectivity index (χ2n) is 6.34. The molecule has 0 spiro atoms. The van der Waals surface area contributed by atoms with Crippen molar-refractivity contribution >= 4 is 24.0 Å². The molecule has 2 aromatic rings. The Labute approximate surface area is 153 Å². The molecule has 1 unspecified atom stereocenters. The SMILES string of the molecule is CC(N)(C(=O)Nc1ccc(OC2CCC2)c(F)c1)c1ccccc1.Cl. The molecule has 0 heterocycles. The Hall–Kier alpha value is -2.11. The minimum atomic E-state index is -1.21. The van der Waals surface area contributed by atoms with Crippen LogP contribution in [0.15, 0.2) is 48.5 Å². The highest BCUT2D eigenvalue weighted by Gasteiger charge is 2.30. The number of hydrogen-bond acceptors (Lipinski definition) is 3. The van der Waals surface area contributed by atoms with E-state index in [1.54, 1.807) is 31.2 Å². The average molecular weight is 365 g/mol. The number of benzene rings is 2. The Morgan fingerprint density at radius 2 is 1.92 bits per heavy atom. The number of nitrogens with two attached hydrogens (primary N) is 1. The molecule has 1 amide bonds. The zero-order chi connectivity index (χ0) is 17.2. The highest BCUT2D eigenvalue weighted by atomic mass is 35.5. The van der Waals surface area contributed by atoms with Gasteiger partial charge in [-0.05, 0) is 43.9 Å². The van der Waals surface area contributed by atoms with E-state index in [2.05, 4.69) is 5.32 Å². The molecule has 1 atom stereocenters. The van der Waals surface area contributed by atoms with Crippen LogP contribution in [0.5, 0.6) is 5.75 Å². The molecule has 1 aliphatic carbocycles. The van der Waals surface area contributed by atoms with Gasteiger partial charge in [0.25, 0.3) is 0 Å². The third-order valence-electron chi connectivity index (χ3n) is 4.38. The zero-order valence-corrected chi connectivity index (χ0v) is 14.8. The zero-order valence-electron chi connectivity index (χ0n) is 14.0. The molecule has 1 fully saturated rings. The summed E-state index contributed by atoms with van der Waals surface area (Å²) in [5.74, 6) is -0.671. The van der Waals surface area contributed by atoms with Gasteiger partial charge in [0.2, 0.25) is 5.91 Å². The Morgan fingerprint density at radius 3 is 2.48 bits per heavy atom. The van der Waals surface area contributed by atoms with Crippen LogP contribution in [-0.4, -0.2) is 12.0 Å². The summed E-state index contributed by atoms with van der Waals surface area (Å²) in [5.41, 5.74) is 5.99. The summed E-state index contributed by atoms with van der Waals surface area (Å²) in [4.78, 5) is 12.5. The van der Waals surface area contributed by atoms with Crippen LogP contribution in [-0.2, 0) is 10.3 Å². The van der Waals surface area contributed by atoms with E-state index >= 15 is 0 Å². The largest absolute Gasteiger partial charge is 0.487 e. The number of amides is 1. The molecule has 0 radical (unpaired) electrons. The molecule has 25 heavy (non-hydrogen) atoms. The monoisotopic (exact) mass is 364 g/mol. The van der Waals surface area contributed by atoms with Gasteiger partial charge in [0.1, 0.15) is 5.54 Å². The predicted octanol–water partition coefficient (Wildman–Crippen LogP) is 3.99. The summed E-state index contributed by atoms with van der Waals surface area (Å²) in [6.07, 6.45) is 3.14. The Kier molecular flexibility index (Phi) is 6.03. The summed E-state index contributed by atoms with van der Waals surface area (Å²) in [6, 6.07) is 13.5. The van der Waals surface area contributed by atoms with Crippen LogP contribution >= 0.6 is 12.4 Å². The third-order valence-corrected chi connectivity index (χ3v) is 4.38. The lowest BCUT2D eigenvalue weighted by Gasteiger charge is -2.27. The lowest BCUT2D eigenvalue weighted by atomic mass is 9.92. The van der Waals surface area contributed by atoms with Crippen LogP contribution in [0.1, 0.15) is 31.7 Å². The van der Waals surface area contributed by atoms with Crippen LogP contribution in [0.25, 0.3) is 0 Å². The van der Waals surface area contributed by atoms with E-state index in [-0.39, 0.29) is 24.3 Å². The summed E-state index contributed by atoms with van der Waals surface area (Å²) in [5, 5.41) is 2.67. The minimum Gasteiger partial charge on any atom is -0.487 e. The van der Waals surface area contributed by atoms with Crippen molar-refractivity contribution in [2.45, 2.75) is 37.8 Å². The van der Waals surface area contributed by atoms with Crippen molar-refractivity contribution < 1.29 is 13.9 Å². The summed E-state index contributed by atoms with van der Waals surface area (Å²) in [6.45, 7) is 1.63. The van der Waals surface area contributed by atoms with Crippen molar-refractivity contribution in [1.29, 1.82) is 0 Å². The van der Waals surface area contributed by atoms with E-state index in [1.165, 1.54) is 6.07 Å². The number of carbonyl (C=O) groups is 1. The first kappa shape index (κ1) is 19.2. The first-order chi connectivity index (χ1) is 11.5. The number of carbonyl (C=O) groups excluding carboxylic acids is 1. The minimum absolute atomic E-state index is 0. The smallest absolute Gasteiger partial charge is 0.248 e. The fraction of sp³-hybridized carbons (Fsp3) is 0.316. The van der Waals surface area contributed by atoms with Crippen molar-refractivity contribution in [3.05, 3.63) is 59.9 Å². The number of rotatable bonds is 5. The molecule has 1 aliphatic rings. The van der Waals surface area contributed by atoms with Crippen LogP contribution in [0, 0.1) is 5.82 Å². The topological polar surface area (TPSA) is 64.4 Å². The van der Waals surface area contributed by atoms with Gasteiger partial charge in [-0.2, -0.15) is 0 Å². The van der Waals surface area contributed by atoms with Gasteiger partial charge >= 0.3 is 0 Å². The standard InChI is InChI=1S/C19H21FN2O2.ClH/c1-19(21,13-6-3-2-4-7-13)18(23)22-14-10-11-17(16(20)12-14)24-15-8-5-9-15;/h2-4,6-7,10-12,15H,5,8-9,21H2,1H3,(H,22,23);1H. The van der Waals surface area contributed by atoms with Gasteiger partial charge < -0.3 is 15.8 Å². The van der Waals surface area contributed by atoms with Crippen molar-refractivity contribution in [2.24, 2.45) is 5.73 Å². The first-order valence-electron chi connectivity index (χ1n) is 8.09. The predicted molar refractivity (Wildman–Crippen MR) is 98.5 cm³/mol. The maximum atomic E-state index is 14.1. The van der Waals surface area contributed by atoms with Gasteiger partial charge in [-0.1, -0.05) is 30.3 Å². The molecule has 3 N–H and O–H groups in total. The lowest BCUT2D eigenvalue weighted by Crippen LogP contribution is -2.45. The second-order valence-corrected chi connectivity index (χ2v) is 6.34. The normalized spacial score (nSPS) is 16.1. The number of ether oxygens (including phenoxy) is 1. The molecule has 1 saturated carbocycles. The Morgan fingerprint density at radius 1 is 1.24 bits per heavy atom. The molecule has 6 heteroatoms.